The molecule has 4 heteroatoms. The molecule has 0 aliphatic carbocycles. The molecule has 1 aliphatic heterocycles. The largest absolute Gasteiger partial charge is 0.317 e. The summed E-state index contributed by atoms with van der Waals surface area (Å²) >= 11 is 3.62. The van der Waals surface area contributed by atoms with E-state index in [0.717, 1.165) is 30.4 Å². The lowest BCUT2D eigenvalue weighted by Gasteiger charge is -2.34. The number of nitrogens with one attached hydrogen (secondary N) is 1. The van der Waals surface area contributed by atoms with Gasteiger partial charge >= 0.3 is 0 Å². The van der Waals surface area contributed by atoms with Crippen molar-refractivity contribution < 1.29 is 0 Å². The summed E-state index contributed by atoms with van der Waals surface area (Å²) in [5, 5.41) is 3.44. The van der Waals surface area contributed by atoms with Crippen molar-refractivity contribution in [3.05, 3.63) is 46.5 Å². The van der Waals surface area contributed by atoms with Gasteiger partial charge in [-0.15, -0.1) is 0 Å². The molecule has 0 radical (unpaired) electrons. The number of hydrogen-bond donors (Lipinski definition) is 1. The number of benzene rings is 1. The van der Waals surface area contributed by atoms with Gasteiger partial charge in [-0.2, -0.15) is 0 Å². The Labute approximate surface area is 128 Å². The molecule has 20 heavy (non-hydrogen) atoms. The minimum atomic E-state index is 0.205. The van der Waals surface area contributed by atoms with Crippen LogP contribution in [0.4, 0.5) is 0 Å². The van der Waals surface area contributed by atoms with E-state index in [1.165, 1.54) is 16.9 Å². The average molecular weight is 334 g/mol. The molecule has 3 nitrogen and oxygen atoms in total. The molecule has 0 bridgehead atoms. The molecule has 1 saturated heterocycles. The summed E-state index contributed by atoms with van der Waals surface area (Å²) in [4.78, 5) is 4.42. The van der Waals surface area contributed by atoms with E-state index in [-0.39, 0.29) is 5.41 Å². The SMILES string of the molecule is Cc1c(Br)cccc1-n1cncc1C1(C)CCNCC1. The van der Waals surface area contributed by atoms with Crippen LogP contribution in [-0.4, -0.2) is 22.6 Å². The minimum absolute atomic E-state index is 0.205. The highest BCUT2D eigenvalue weighted by atomic mass is 79.9. The molecule has 0 atom stereocenters. The molecule has 0 amide bonds. The Morgan fingerprint density at radius 2 is 2.05 bits per heavy atom. The summed E-state index contributed by atoms with van der Waals surface area (Å²) in [6.45, 7) is 6.67. The molecular weight excluding hydrogens is 314 g/mol. The summed E-state index contributed by atoms with van der Waals surface area (Å²) in [5.74, 6) is 0. The number of rotatable bonds is 2. The van der Waals surface area contributed by atoms with Gasteiger partial charge in [0.1, 0.15) is 0 Å². The molecule has 2 aromatic rings. The molecule has 3 rings (SSSR count). The molecule has 1 fully saturated rings. The third-order valence-corrected chi connectivity index (χ3v) is 5.32. The molecule has 1 aromatic carbocycles. The van der Waals surface area contributed by atoms with E-state index in [4.69, 9.17) is 0 Å². The molecule has 1 N–H and O–H groups in total. The summed E-state index contributed by atoms with van der Waals surface area (Å²) in [6.07, 6.45) is 6.29. The van der Waals surface area contributed by atoms with E-state index < -0.39 is 0 Å². The first-order valence-electron chi connectivity index (χ1n) is 7.11. The fourth-order valence-electron chi connectivity index (χ4n) is 3.03. The lowest BCUT2D eigenvalue weighted by molar-refractivity contribution is 0.324. The zero-order valence-corrected chi connectivity index (χ0v) is 13.6. The molecule has 0 unspecified atom stereocenters. The van der Waals surface area contributed by atoms with Gasteiger partial charge in [0.2, 0.25) is 0 Å². The van der Waals surface area contributed by atoms with Crippen molar-refractivity contribution in [1.82, 2.24) is 14.9 Å². The van der Waals surface area contributed by atoms with E-state index in [9.17, 15) is 0 Å². The second-order valence-electron chi connectivity index (χ2n) is 5.84. The van der Waals surface area contributed by atoms with Crippen LogP contribution in [0.25, 0.3) is 5.69 Å². The third-order valence-electron chi connectivity index (χ3n) is 4.46. The Bertz CT molecular complexity index is 612. The normalized spacial score (nSPS) is 18.1. The topological polar surface area (TPSA) is 29.9 Å². The van der Waals surface area contributed by atoms with Crippen LogP contribution in [0.15, 0.2) is 35.2 Å². The van der Waals surface area contributed by atoms with Crippen LogP contribution in [0.2, 0.25) is 0 Å². The van der Waals surface area contributed by atoms with Crippen LogP contribution in [0.1, 0.15) is 31.0 Å². The molecular formula is C16H20BrN3. The first-order valence-corrected chi connectivity index (χ1v) is 7.90. The van der Waals surface area contributed by atoms with Crippen molar-refractivity contribution in [2.75, 3.05) is 13.1 Å². The Morgan fingerprint density at radius 3 is 2.80 bits per heavy atom. The van der Waals surface area contributed by atoms with Crippen molar-refractivity contribution in [3.63, 3.8) is 0 Å². The number of imidazole rings is 1. The summed E-state index contributed by atoms with van der Waals surface area (Å²) in [6, 6.07) is 6.33. The number of aromatic nitrogens is 2. The highest BCUT2D eigenvalue weighted by Crippen LogP contribution is 2.35. The first-order chi connectivity index (χ1) is 9.62. The van der Waals surface area contributed by atoms with Gasteiger partial charge in [-0.25, -0.2) is 4.98 Å². The zero-order chi connectivity index (χ0) is 14.2. The van der Waals surface area contributed by atoms with Crippen molar-refractivity contribution in [1.29, 1.82) is 0 Å². The van der Waals surface area contributed by atoms with Crippen molar-refractivity contribution in [3.8, 4) is 5.69 Å². The van der Waals surface area contributed by atoms with Gasteiger partial charge in [0.05, 0.1) is 12.0 Å². The van der Waals surface area contributed by atoms with Crippen molar-refractivity contribution in [2.24, 2.45) is 0 Å². The van der Waals surface area contributed by atoms with Crippen molar-refractivity contribution >= 4 is 15.9 Å². The molecule has 1 aromatic heterocycles. The number of nitrogens with zero attached hydrogens (tertiary/aromatic N) is 2. The van der Waals surface area contributed by atoms with Gasteiger partial charge in [0.25, 0.3) is 0 Å². The summed E-state index contributed by atoms with van der Waals surface area (Å²) in [5.41, 5.74) is 3.99. The van der Waals surface area contributed by atoms with E-state index >= 15 is 0 Å². The zero-order valence-electron chi connectivity index (χ0n) is 12.0. The summed E-state index contributed by atoms with van der Waals surface area (Å²) in [7, 11) is 0. The number of halogens is 1. The Hall–Kier alpha value is -1.13. The Balaban J connectivity index is 2.08. The standard InChI is InChI=1S/C16H20BrN3/c1-12-13(17)4-3-5-14(12)20-11-19-10-15(20)16(2)6-8-18-9-7-16/h3-5,10-11,18H,6-9H2,1-2H3. The molecule has 1 aliphatic rings. The molecule has 0 saturated carbocycles. The maximum absolute atomic E-state index is 4.42. The predicted molar refractivity (Wildman–Crippen MR) is 85.5 cm³/mol. The fraction of sp³-hybridized carbons (Fsp3) is 0.438. The highest BCUT2D eigenvalue weighted by Gasteiger charge is 2.32. The minimum Gasteiger partial charge on any atom is -0.317 e. The monoisotopic (exact) mass is 333 g/mol. The van der Waals surface area contributed by atoms with Crippen molar-refractivity contribution in [2.45, 2.75) is 32.1 Å². The second-order valence-corrected chi connectivity index (χ2v) is 6.70. The molecule has 0 spiro atoms. The second kappa shape index (κ2) is 5.34. The lowest BCUT2D eigenvalue weighted by atomic mass is 9.78. The maximum atomic E-state index is 4.42. The summed E-state index contributed by atoms with van der Waals surface area (Å²) < 4.78 is 3.40. The van der Waals surface area contributed by atoms with Crippen LogP contribution in [-0.2, 0) is 5.41 Å². The van der Waals surface area contributed by atoms with Crippen LogP contribution in [0, 0.1) is 6.92 Å². The van der Waals surface area contributed by atoms with Crippen LogP contribution >= 0.6 is 15.9 Å². The Morgan fingerprint density at radius 1 is 1.30 bits per heavy atom. The third kappa shape index (κ3) is 2.31. The highest BCUT2D eigenvalue weighted by molar-refractivity contribution is 9.10. The maximum Gasteiger partial charge on any atom is 0.0994 e. The lowest BCUT2D eigenvalue weighted by Crippen LogP contribution is -2.38. The first kappa shape index (κ1) is 13.8. The van der Waals surface area contributed by atoms with Crippen LogP contribution in [0.5, 0.6) is 0 Å². The smallest absolute Gasteiger partial charge is 0.0994 e. The van der Waals surface area contributed by atoms with Gasteiger partial charge in [-0.1, -0.05) is 28.9 Å². The number of hydrogen-bond acceptors (Lipinski definition) is 2. The van der Waals surface area contributed by atoms with E-state index in [1.807, 2.05) is 12.5 Å². The molecule has 2 heterocycles. The Kier molecular flexibility index (Phi) is 3.69. The fourth-order valence-corrected chi connectivity index (χ4v) is 3.38. The van der Waals surface area contributed by atoms with Gasteiger partial charge in [0.15, 0.2) is 0 Å². The number of piperidine rings is 1. The van der Waals surface area contributed by atoms with Crippen LogP contribution < -0.4 is 5.32 Å². The quantitative estimate of drug-likeness (QED) is 0.910. The predicted octanol–water partition coefficient (Wildman–Crippen LogP) is 3.58. The van der Waals surface area contributed by atoms with Gasteiger partial charge in [0, 0.05) is 21.8 Å². The van der Waals surface area contributed by atoms with Gasteiger partial charge in [-0.05, 0) is 50.6 Å². The van der Waals surface area contributed by atoms with E-state index in [2.05, 4.69) is 62.8 Å². The van der Waals surface area contributed by atoms with E-state index in [0.29, 0.717) is 0 Å². The van der Waals surface area contributed by atoms with Gasteiger partial charge < -0.3 is 9.88 Å². The van der Waals surface area contributed by atoms with Crippen LogP contribution in [0.3, 0.4) is 0 Å². The molecule has 106 valence electrons. The van der Waals surface area contributed by atoms with E-state index in [1.54, 1.807) is 0 Å². The average Bonchev–Trinajstić information content (AvgIpc) is 2.93. The van der Waals surface area contributed by atoms with Gasteiger partial charge in [-0.3, -0.25) is 0 Å².